The van der Waals surface area contributed by atoms with E-state index in [9.17, 15) is 24.5 Å². The Morgan fingerprint density at radius 1 is 1.18 bits per heavy atom. The van der Waals surface area contributed by atoms with Gasteiger partial charge in [-0.15, -0.1) is 0 Å². The molecule has 1 atom stereocenters. The zero-order valence-corrected chi connectivity index (χ0v) is 13.0. The molecule has 1 unspecified atom stereocenters. The Bertz CT molecular complexity index is 374. The van der Waals surface area contributed by atoms with Gasteiger partial charge in [0.15, 0.2) is 0 Å². The van der Waals surface area contributed by atoms with Crippen LogP contribution in [0.5, 0.6) is 0 Å². The zero-order valence-electron chi connectivity index (χ0n) is 8.59. The van der Waals surface area contributed by atoms with Gasteiger partial charge in [0.1, 0.15) is 0 Å². The van der Waals surface area contributed by atoms with Gasteiger partial charge in [-0.2, -0.15) is 0 Å². The second-order valence-electron chi connectivity index (χ2n) is 2.84. The van der Waals surface area contributed by atoms with E-state index in [2.05, 4.69) is 8.08 Å². The van der Waals surface area contributed by atoms with Crippen molar-refractivity contribution in [2.45, 2.75) is 18.4 Å². The van der Waals surface area contributed by atoms with Crippen LogP contribution < -0.4 is 0 Å². The van der Waals surface area contributed by atoms with Gasteiger partial charge in [-0.25, -0.2) is 0 Å². The Labute approximate surface area is 219 Å². The van der Waals surface area contributed by atoms with E-state index in [0.29, 0.717) is 0 Å². The molecule has 0 heterocycles. The first kappa shape index (κ1) is 35.5. The molecule has 2 N–H and O–H groups in total. The molecule has 0 bridgehead atoms. The third kappa shape index (κ3) is 14.7. The van der Waals surface area contributed by atoms with E-state index in [1.807, 2.05) is 0 Å². The quantitative estimate of drug-likeness (QED) is 0.167. The molecule has 0 aromatic heterocycles. The van der Waals surface area contributed by atoms with Crippen molar-refractivity contribution in [2.75, 3.05) is 0 Å². The summed E-state index contributed by atoms with van der Waals surface area (Å²) in [5, 5.41) is 26.0. The van der Waals surface area contributed by atoms with Crippen LogP contribution in [0.15, 0.2) is 0 Å². The molecule has 0 aliphatic carbocycles. The molecule has 1 radical (unpaired) electrons. The summed E-state index contributed by atoms with van der Waals surface area (Å²) in [6.45, 7) is 0. The minimum absolute atomic E-state index is 0. The summed E-state index contributed by atoms with van der Waals surface area (Å²) in [6.07, 6.45) is -2.42. The topological polar surface area (TPSA) is 153 Å². The van der Waals surface area contributed by atoms with Crippen LogP contribution in [0.1, 0.15) is 12.8 Å². The second kappa shape index (κ2) is 18.2. The molecule has 22 heavy (non-hydrogen) atoms. The van der Waals surface area contributed by atoms with Gasteiger partial charge < -0.3 is 0 Å². The molecular formula is C6H9AgAuClNNa3O9. The number of carbonyl (C=O) groups excluding carboxylic acids is 1. The summed E-state index contributed by atoms with van der Waals surface area (Å²) in [5.41, 5.74) is -2.83. The minimum atomic E-state index is -2.83. The van der Waals surface area contributed by atoms with E-state index in [4.69, 9.17) is 19.4 Å². The average molecular weight is 648 g/mol. The van der Waals surface area contributed by atoms with Crippen LogP contribution in [-0.4, -0.2) is 127 Å². The Kier molecular flexibility index (Phi) is 29.3. The first-order valence-electron chi connectivity index (χ1n) is 3.92. The van der Waals surface area contributed by atoms with Crippen LogP contribution in [-0.2, 0) is 63.9 Å². The van der Waals surface area contributed by atoms with E-state index in [0.717, 1.165) is 0 Å². The van der Waals surface area contributed by atoms with Gasteiger partial charge in [0.2, 0.25) is 0 Å². The van der Waals surface area contributed by atoms with Crippen molar-refractivity contribution in [1.82, 2.24) is 0 Å². The summed E-state index contributed by atoms with van der Waals surface area (Å²) in [4.78, 5) is 46.5. The monoisotopic (exact) mass is 647 g/mol. The van der Waals surface area contributed by atoms with Gasteiger partial charge in [-0.1, -0.05) is 0 Å². The summed E-state index contributed by atoms with van der Waals surface area (Å²) in [5.74, 6) is -4.85. The molecule has 10 nitrogen and oxygen atoms in total. The Morgan fingerprint density at radius 2 is 1.64 bits per heavy atom. The fraction of sp³-hybridized carbons (Fsp3) is 0.500. The average Bonchev–Trinajstić information content (AvgIpc) is 2.14. The van der Waals surface area contributed by atoms with Gasteiger partial charge in [-0.05, 0) is 0 Å². The first-order valence-corrected chi connectivity index (χ1v) is 7.49. The van der Waals surface area contributed by atoms with Gasteiger partial charge in [0.05, 0.1) is 0 Å². The van der Waals surface area contributed by atoms with Crippen LogP contribution in [0.25, 0.3) is 0 Å². The number of rotatable bonds is 8. The standard InChI is InChI=1S/C6H7NO9.Ag.Au.ClH.3Na.3H/c8-3(9)1-6(5(12)13,2-4(10)11)16-7(14)15;;;;;;;;;/h1-2H2,(H,8,9)(H,10,11)(H,12,13);;;1H;;;;;;/q;;+2;;;;;;;/p-2. The van der Waals surface area contributed by atoms with E-state index >= 15 is 0 Å². The summed E-state index contributed by atoms with van der Waals surface area (Å²) >= 11 is -1.39. The molecule has 0 aliphatic heterocycles. The number of aliphatic carboxylic acids is 2. The maximum atomic E-state index is 11.1. The molecule has 16 heteroatoms. The number of hydrogen-bond acceptors (Lipinski definition) is 7. The van der Waals surface area contributed by atoms with E-state index in [1.54, 1.807) is 0 Å². The Morgan fingerprint density at radius 3 is 1.91 bits per heavy atom. The molecule has 0 aromatic rings. The predicted octanol–water partition coefficient (Wildman–Crippen LogP) is -2.37. The van der Waals surface area contributed by atoms with Gasteiger partial charge >= 0.3 is 201 Å². The molecular weight excluding hydrogens is 639 g/mol. The molecule has 0 aromatic carbocycles. The predicted molar refractivity (Wildman–Crippen MR) is 68.7 cm³/mol. The van der Waals surface area contributed by atoms with E-state index in [-0.39, 0.29) is 111 Å². The Hall–Kier alpha value is 2.38. The molecule has 124 valence electrons. The fourth-order valence-corrected chi connectivity index (χ4v) is 1.75. The van der Waals surface area contributed by atoms with Crippen LogP contribution in [0.2, 0.25) is 0 Å². The van der Waals surface area contributed by atoms with Gasteiger partial charge in [-0.3, -0.25) is 0 Å². The molecule has 0 amide bonds. The molecule has 0 saturated carbocycles. The van der Waals surface area contributed by atoms with E-state index in [1.165, 1.54) is 0 Å². The number of nitrogens with zero attached hydrogens (tertiary/aromatic N) is 1. The van der Waals surface area contributed by atoms with Gasteiger partial charge in [0, 0.05) is 22.4 Å². The summed E-state index contributed by atoms with van der Waals surface area (Å²) in [6, 6.07) is 0. The number of halogens is 1. The number of carbonyl (C=O) groups is 3. The van der Waals surface area contributed by atoms with Gasteiger partial charge in [0.25, 0.3) is 0 Å². The van der Waals surface area contributed by atoms with Crippen LogP contribution >= 0.6 is 9.19 Å². The molecule has 0 saturated heterocycles. The first-order chi connectivity index (χ1) is 8.23. The van der Waals surface area contributed by atoms with E-state index < -0.39 is 60.5 Å². The normalized spacial score (nSPS) is 11.0. The maximum absolute atomic E-state index is 11.1. The third-order valence-corrected chi connectivity index (χ3v) is 2.64. The second-order valence-corrected chi connectivity index (χ2v) is 4.38. The molecule has 0 fully saturated rings. The van der Waals surface area contributed by atoms with Crippen molar-refractivity contribution in [1.29, 1.82) is 0 Å². The molecule has 0 rings (SSSR count). The van der Waals surface area contributed by atoms with Crippen LogP contribution in [0.3, 0.4) is 0 Å². The molecule has 0 spiro atoms. The van der Waals surface area contributed by atoms with Crippen molar-refractivity contribution in [3.63, 3.8) is 0 Å². The van der Waals surface area contributed by atoms with Crippen molar-refractivity contribution in [2.24, 2.45) is 0 Å². The number of carboxylic acid groups (broad SMARTS) is 2. The van der Waals surface area contributed by atoms with Crippen LogP contribution in [0.4, 0.5) is 0 Å². The SMILES string of the molecule is O=C(O)CC(CC(=O)[O][Au][Cl])(O[N+](=O)[O-])C(=O)O.[Ag].[NaH].[NaH].[NaH]. The molecule has 0 aliphatic rings. The summed E-state index contributed by atoms with van der Waals surface area (Å²) < 4.78 is 4.28. The Balaban J connectivity index is -0.000000241. The van der Waals surface area contributed by atoms with Crippen molar-refractivity contribution in [3.8, 4) is 0 Å². The zero-order chi connectivity index (χ0) is 14.3. The summed E-state index contributed by atoms with van der Waals surface area (Å²) in [7, 11) is 5.13. The van der Waals surface area contributed by atoms with Crippen molar-refractivity contribution < 1.29 is 79.2 Å². The van der Waals surface area contributed by atoms with Crippen molar-refractivity contribution >= 4 is 116 Å². The fourth-order valence-electron chi connectivity index (χ4n) is 0.985. The van der Waals surface area contributed by atoms with Crippen LogP contribution in [0, 0.1) is 10.1 Å². The number of carboxylic acids is 2. The van der Waals surface area contributed by atoms with Crippen molar-refractivity contribution in [3.05, 3.63) is 10.1 Å². The number of hydrogen-bond donors (Lipinski definition) is 2. The third-order valence-electron chi connectivity index (χ3n) is 1.60.